The lowest BCUT2D eigenvalue weighted by molar-refractivity contribution is -0.345. The second-order valence-corrected chi connectivity index (χ2v) is 7.29. The lowest BCUT2D eigenvalue weighted by atomic mass is 9.93. The van der Waals surface area contributed by atoms with Crippen LogP contribution in [0.5, 0.6) is 0 Å². The van der Waals surface area contributed by atoms with E-state index >= 15 is 0 Å². The van der Waals surface area contributed by atoms with Crippen molar-refractivity contribution in [1.82, 2.24) is 29.5 Å². The predicted octanol–water partition coefficient (Wildman–Crippen LogP) is 3.93. The third kappa shape index (κ3) is 3.80. The fraction of sp³-hybridized carbons (Fsp3) is 0.368. The Morgan fingerprint density at radius 2 is 1.97 bits per heavy atom. The number of rotatable bonds is 4. The van der Waals surface area contributed by atoms with E-state index < -0.39 is 12.5 Å². The zero-order valence-corrected chi connectivity index (χ0v) is 15.7. The van der Waals surface area contributed by atoms with E-state index in [2.05, 4.69) is 35.1 Å². The van der Waals surface area contributed by atoms with Crippen LogP contribution >= 0.6 is 0 Å². The molecule has 0 saturated heterocycles. The van der Waals surface area contributed by atoms with Crippen LogP contribution in [0, 0.1) is 0 Å². The molecule has 8 nitrogen and oxygen atoms in total. The number of halogens is 3. The second-order valence-electron chi connectivity index (χ2n) is 7.29. The molecule has 30 heavy (non-hydrogen) atoms. The van der Waals surface area contributed by atoms with Gasteiger partial charge in [0.05, 0.1) is 18.0 Å². The maximum Gasteiger partial charge on any atom is 0.522 e. The van der Waals surface area contributed by atoms with E-state index in [1.807, 2.05) is 24.5 Å². The van der Waals surface area contributed by atoms with Gasteiger partial charge in [-0.2, -0.15) is 10.1 Å². The van der Waals surface area contributed by atoms with Gasteiger partial charge in [-0.15, -0.1) is 13.2 Å². The summed E-state index contributed by atoms with van der Waals surface area (Å²) in [4.78, 5) is 16.6. The van der Waals surface area contributed by atoms with Crippen molar-refractivity contribution in [3.63, 3.8) is 0 Å². The molecule has 0 spiro atoms. The number of aromatic amines is 1. The monoisotopic (exact) mass is 417 g/mol. The standard InChI is InChI=1S/C19H18F3N7O/c20-19(21,22)30-12-3-1-11(2-4-12)26-18-24-10-14-13(9-23-17(14)28-18)15-6-8-29-16(27-15)5-7-25-29/h5-12H,1-4H2,(H2,23,24,26,28)/t11-,12+. The number of nitrogens with zero attached hydrogens (tertiary/aromatic N) is 5. The molecular weight excluding hydrogens is 399 g/mol. The summed E-state index contributed by atoms with van der Waals surface area (Å²) in [6, 6.07) is 3.71. The number of fused-ring (bicyclic) bond motifs is 2. The van der Waals surface area contributed by atoms with Gasteiger partial charge in [-0.3, -0.25) is 4.74 Å². The lowest BCUT2D eigenvalue weighted by Crippen LogP contribution is -2.33. The highest BCUT2D eigenvalue weighted by Crippen LogP contribution is 2.30. The van der Waals surface area contributed by atoms with E-state index in [1.54, 1.807) is 16.9 Å². The minimum absolute atomic E-state index is 0.0101. The highest BCUT2D eigenvalue weighted by molar-refractivity contribution is 5.92. The van der Waals surface area contributed by atoms with Gasteiger partial charge in [0.1, 0.15) is 5.65 Å². The van der Waals surface area contributed by atoms with E-state index in [4.69, 9.17) is 0 Å². The van der Waals surface area contributed by atoms with Crippen LogP contribution in [0.1, 0.15) is 25.7 Å². The fourth-order valence-electron chi connectivity index (χ4n) is 3.85. The maximum absolute atomic E-state index is 12.3. The minimum atomic E-state index is -4.58. The smallest absolute Gasteiger partial charge is 0.351 e. The second kappa shape index (κ2) is 7.24. The normalized spacial score (nSPS) is 20.1. The lowest BCUT2D eigenvalue weighted by Gasteiger charge is -2.29. The average Bonchev–Trinajstić information content (AvgIpc) is 3.34. The molecular formula is C19H18F3N7O. The van der Waals surface area contributed by atoms with Crippen molar-refractivity contribution in [2.45, 2.75) is 44.2 Å². The largest absolute Gasteiger partial charge is 0.522 e. The molecule has 1 aliphatic rings. The molecule has 0 amide bonds. The molecule has 156 valence electrons. The number of hydrogen-bond acceptors (Lipinski definition) is 6. The van der Waals surface area contributed by atoms with Crippen LogP contribution in [-0.4, -0.2) is 48.1 Å². The summed E-state index contributed by atoms with van der Waals surface area (Å²) in [5.41, 5.74) is 3.06. The zero-order chi connectivity index (χ0) is 20.7. The predicted molar refractivity (Wildman–Crippen MR) is 103 cm³/mol. The van der Waals surface area contributed by atoms with Gasteiger partial charge in [0.15, 0.2) is 5.65 Å². The third-order valence-electron chi connectivity index (χ3n) is 5.27. The van der Waals surface area contributed by atoms with E-state index in [1.165, 1.54) is 0 Å². The highest BCUT2D eigenvalue weighted by atomic mass is 19.4. The summed E-state index contributed by atoms with van der Waals surface area (Å²) in [6.45, 7) is 0. The highest BCUT2D eigenvalue weighted by Gasteiger charge is 2.35. The summed E-state index contributed by atoms with van der Waals surface area (Å²) in [6.07, 6.45) is 3.52. The van der Waals surface area contributed by atoms with Crippen LogP contribution in [0.15, 0.2) is 36.9 Å². The van der Waals surface area contributed by atoms with E-state index in [0.29, 0.717) is 37.3 Å². The van der Waals surface area contributed by atoms with Crippen molar-refractivity contribution in [3.8, 4) is 11.3 Å². The Bertz CT molecular complexity index is 1180. The molecule has 0 aliphatic heterocycles. The van der Waals surface area contributed by atoms with Gasteiger partial charge >= 0.3 is 6.36 Å². The molecule has 0 radical (unpaired) electrons. The van der Waals surface area contributed by atoms with Crippen LogP contribution in [0.4, 0.5) is 19.1 Å². The molecule has 1 fully saturated rings. The molecule has 0 unspecified atom stereocenters. The van der Waals surface area contributed by atoms with Gasteiger partial charge in [0.25, 0.3) is 0 Å². The summed E-state index contributed by atoms with van der Waals surface area (Å²) in [7, 11) is 0. The van der Waals surface area contributed by atoms with Crippen molar-refractivity contribution in [2.24, 2.45) is 0 Å². The van der Waals surface area contributed by atoms with E-state index in [9.17, 15) is 13.2 Å². The van der Waals surface area contributed by atoms with Crippen molar-refractivity contribution >= 4 is 22.6 Å². The number of H-pyrrole nitrogens is 1. The molecule has 0 aromatic carbocycles. The summed E-state index contributed by atoms with van der Waals surface area (Å²) < 4.78 is 42.9. The van der Waals surface area contributed by atoms with E-state index in [0.717, 1.165) is 22.3 Å². The first-order chi connectivity index (χ1) is 14.4. The number of alkyl halides is 3. The number of aromatic nitrogens is 6. The van der Waals surface area contributed by atoms with Gasteiger partial charge in [-0.1, -0.05) is 0 Å². The van der Waals surface area contributed by atoms with Gasteiger partial charge in [0.2, 0.25) is 5.95 Å². The molecule has 0 bridgehead atoms. The van der Waals surface area contributed by atoms with Gasteiger partial charge in [-0.05, 0) is 31.7 Å². The van der Waals surface area contributed by atoms with Crippen molar-refractivity contribution in [1.29, 1.82) is 0 Å². The van der Waals surface area contributed by atoms with Gasteiger partial charge in [-0.25, -0.2) is 14.5 Å². The Hall–Kier alpha value is -3.21. The van der Waals surface area contributed by atoms with Crippen molar-refractivity contribution in [2.75, 3.05) is 5.32 Å². The molecule has 5 rings (SSSR count). The number of ether oxygens (including phenoxy) is 1. The molecule has 11 heteroatoms. The molecule has 4 heterocycles. The molecule has 0 atom stereocenters. The maximum atomic E-state index is 12.3. The van der Waals surface area contributed by atoms with Crippen molar-refractivity contribution < 1.29 is 17.9 Å². The Morgan fingerprint density at radius 3 is 2.77 bits per heavy atom. The SMILES string of the molecule is FC(F)(F)O[C@H]1CC[C@@H](Nc2ncc3c(-c4ccn5nccc5n4)c[nH]c3n2)CC1. The molecule has 1 aliphatic carbocycles. The Kier molecular flexibility index (Phi) is 4.54. The van der Waals surface area contributed by atoms with Gasteiger partial charge < -0.3 is 10.3 Å². The minimum Gasteiger partial charge on any atom is -0.351 e. The Labute approximate surface area is 168 Å². The summed E-state index contributed by atoms with van der Waals surface area (Å²) in [5, 5.41) is 8.19. The average molecular weight is 417 g/mol. The first kappa shape index (κ1) is 18.8. The first-order valence-corrected chi connectivity index (χ1v) is 9.60. The van der Waals surface area contributed by atoms with Crippen molar-refractivity contribution in [3.05, 3.63) is 36.9 Å². The molecule has 2 N–H and O–H groups in total. The van der Waals surface area contributed by atoms with Gasteiger partial charge in [0, 0.05) is 41.6 Å². The Balaban J connectivity index is 1.29. The quantitative estimate of drug-likeness (QED) is 0.523. The topological polar surface area (TPSA) is 93.0 Å². The molecule has 1 saturated carbocycles. The first-order valence-electron chi connectivity index (χ1n) is 9.60. The zero-order valence-electron chi connectivity index (χ0n) is 15.7. The van der Waals surface area contributed by atoms with Crippen LogP contribution in [-0.2, 0) is 4.74 Å². The molecule has 4 aromatic rings. The number of hydrogen-bond donors (Lipinski definition) is 2. The van der Waals surface area contributed by atoms with Crippen LogP contribution in [0.2, 0.25) is 0 Å². The third-order valence-corrected chi connectivity index (χ3v) is 5.27. The van der Waals surface area contributed by atoms with Crippen LogP contribution in [0.3, 0.4) is 0 Å². The number of nitrogens with one attached hydrogen (secondary N) is 2. The Morgan fingerprint density at radius 1 is 1.13 bits per heavy atom. The molecule has 4 aromatic heterocycles. The summed E-state index contributed by atoms with van der Waals surface area (Å²) >= 11 is 0. The van der Waals surface area contributed by atoms with E-state index in [-0.39, 0.29) is 6.04 Å². The van der Waals surface area contributed by atoms with Crippen LogP contribution in [0.25, 0.3) is 27.9 Å². The van der Waals surface area contributed by atoms with Crippen LogP contribution < -0.4 is 5.32 Å². The fourth-order valence-corrected chi connectivity index (χ4v) is 3.85. The number of anilines is 1. The summed E-state index contributed by atoms with van der Waals surface area (Å²) in [5.74, 6) is 0.440.